The van der Waals surface area contributed by atoms with Crippen LogP contribution in [0.5, 0.6) is 0 Å². The molecule has 0 amide bonds. The minimum absolute atomic E-state index is 0.165. The highest BCUT2D eigenvalue weighted by atomic mass is 19.1. The summed E-state index contributed by atoms with van der Waals surface area (Å²) in [5.41, 5.74) is 4.95. The number of benzene rings is 2. The van der Waals surface area contributed by atoms with E-state index in [1.54, 1.807) is 12.1 Å². The lowest BCUT2D eigenvalue weighted by Gasteiger charge is -2.22. The van der Waals surface area contributed by atoms with Gasteiger partial charge in [-0.05, 0) is 62.9 Å². The predicted molar refractivity (Wildman–Crippen MR) is 87.0 cm³/mol. The van der Waals surface area contributed by atoms with Gasteiger partial charge in [-0.3, -0.25) is 0 Å². The smallest absolute Gasteiger partial charge is 0.123 e. The molecule has 0 saturated carbocycles. The molecule has 0 bridgehead atoms. The standard InChI is InChI=1S/C19H24FN/c1-13-8-9-14(2)19(10-13)16(4)21-15(3)11-17-6-5-7-18(20)12-17/h5-10,12,15-16,21H,11H2,1-4H3. The lowest BCUT2D eigenvalue weighted by atomic mass is 9.98. The molecule has 0 aliphatic carbocycles. The van der Waals surface area contributed by atoms with Crippen molar-refractivity contribution in [3.05, 3.63) is 70.5 Å². The van der Waals surface area contributed by atoms with Gasteiger partial charge in [0.05, 0.1) is 0 Å². The Morgan fingerprint density at radius 3 is 2.52 bits per heavy atom. The van der Waals surface area contributed by atoms with E-state index in [-0.39, 0.29) is 11.9 Å². The molecular formula is C19H24FN. The molecule has 0 fully saturated rings. The second-order valence-electron chi connectivity index (χ2n) is 5.98. The molecule has 112 valence electrons. The summed E-state index contributed by atoms with van der Waals surface area (Å²) in [6.07, 6.45) is 0.826. The minimum atomic E-state index is -0.165. The molecule has 0 saturated heterocycles. The van der Waals surface area contributed by atoms with Gasteiger partial charge in [0.25, 0.3) is 0 Å². The van der Waals surface area contributed by atoms with Gasteiger partial charge in [-0.2, -0.15) is 0 Å². The van der Waals surface area contributed by atoms with E-state index in [0.29, 0.717) is 6.04 Å². The van der Waals surface area contributed by atoms with Crippen molar-refractivity contribution in [2.75, 3.05) is 0 Å². The lowest BCUT2D eigenvalue weighted by Crippen LogP contribution is -2.31. The summed E-state index contributed by atoms with van der Waals surface area (Å²) in [5, 5.41) is 3.61. The fraction of sp³-hybridized carbons (Fsp3) is 0.368. The van der Waals surface area contributed by atoms with Crippen molar-refractivity contribution in [3.63, 3.8) is 0 Å². The molecule has 0 radical (unpaired) electrons. The highest BCUT2D eigenvalue weighted by molar-refractivity contribution is 5.32. The predicted octanol–water partition coefficient (Wildman–Crippen LogP) is 4.72. The molecule has 0 aliphatic heterocycles. The topological polar surface area (TPSA) is 12.0 Å². The quantitative estimate of drug-likeness (QED) is 0.838. The molecule has 21 heavy (non-hydrogen) atoms. The summed E-state index contributed by atoms with van der Waals surface area (Å²) in [6.45, 7) is 8.59. The third kappa shape index (κ3) is 4.40. The molecule has 2 unspecified atom stereocenters. The van der Waals surface area contributed by atoms with Crippen molar-refractivity contribution in [2.45, 2.75) is 46.2 Å². The molecule has 1 nitrogen and oxygen atoms in total. The van der Waals surface area contributed by atoms with Crippen LogP contribution in [-0.2, 0) is 6.42 Å². The maximum absolute atomic E-state index is 13.2. The number of rotatable bonds is 5. The van der Waals surface area contributed by atoms with Gasteiger partial charge in [-0.1, -0.05) is 35.9 Å². The summed E-state index contributed by atoms with van der Waals surface area (Å²) in [4.78, 5) is 0. The fourth-order valence-electron chi connectivity index (χ4n) is 2.82. The minimum Gasteiger partial charge on any atom is -0.307 e. The second kappa shape index (κ2) is 6.86. The van der Waals surface area contributed by atoms with Crippen molar-refractivity contribution in [1.29, 1.82) is 0 Å². The Bertz CT molecular complexity index is 606. The summed E-state index contributed by atoms with van der Waals surface area (Å²) in [6, 6.07) is 14.0. The van der Waals surface area contributed by atoms with Gasteiger partial charge in [0, 0.05) is 12.1 Å². The van der Waals surface area contributed by atoms with Crippen LogP contribution in [0.1, 0.15) is 42.1 Å². The lowest BCUT2D eigenvalue weighted by molar-refractivity contribution is 0.475. The molecule has 0 aliphatic rings. The summed E-state index contributed by atoms with van der Waals surface area (Å²) in [7, 11) is 0. The van der Waals surface area contributed by atoms with Crippen molar-refractivity contribution in [1.82, 2.24) is 5.32 Å². The van der Waals surface area contributed by atoms with Crippen LogP contribution < -0.4 is 5.32 Å². The first-order valence-electron chi connectivity index (χ1n) is 7.53. The number of hydrogen-bond donors (Lipinski definition) is 1. The molecule has 2 rings (SSSR count). The van der Waals surface area contributed by atoms with E-state index in [9.17, 15) is 4.39 Å². The Morgan fingerprint density at radius 2 is 1.81 bits per heavy atom. The van der Waals surface area contributed by atoms with Crippen molar-refractivity contribution in [2.24, 2.45) is 0 Å². The van der Waals surface area contributed by atoms with E-state index in [4.69, 9.17) is 0 Å². The van der Waals surface area contributed by atoms with Crippen molar-refractivity contribution in [3.8, 4) is 0 Å². The van der Waals surface area contributed by atoms with Crippen LogP contribution in [0.15, 0.2) is 42.5 Å². The Balaban J connectivity index is 2.01. The fourth-order valence-corrected chi connectivity index (χ4v) is 2.82. The van der Waals surface area contributed by atoms with E-state index in [0.717, 1.165) is 12.0 Å². The molecule has 1 N–H and O–H groups in total. The van der Waals surface area contributed by atoms with E-state index in [1.165, 1.54) is 22.8 Å². The maximum Gasteiger partial charge on any atom is 0.123 e. The SMILES string of the molecule is Cc1ccc(C)c(C(C)NC(C)Cc2cccc(F)c2)c1. The van der Waals surface area contributed by atoms with Gasteiger partial charge in [0.1, 0.15) is 5.82 Å². The first-order valence-corrected chi connectivity index (χ1v) is 7.53. The first-order chi connectivity index (χ1) is 9.95. The largest absolute Gasteiger partial charge is 0.307 e. The van der Waals surface area contributed by atoms with Crippen LogP contribution in [0.25, 0.3) is 0 Å². The number of halogens is 1. The maximum atomic E-state index is 13.2. The highest BCUT2D eigenvalue weighted by Gasteiger charge is 2.12. The zero-order chi connectivity index (χ0) is 15.4. The normalized spacial score (nSPS) is 14.0. The van der Waals surface area contributed by atoms with E-state index in [1.807, 2.05) is 6.07 Å². The third-order valence-electron chi connectivity index (χ3n) is 3.87. The van der Waals surface area contributed by atoms with Crippen LogP contribution in [0, 0.1) is 19.7 Å². The molecule has 2 aromatic rings. The number of hydrogen-bond acceptors (Lipinski definition) is 1. The van der Waals surface area contributed by atoms with Crippen molar-refractivity contribution < 1.29 is 4.39 Å². The van der Waals surface area contributed by atoms with Crippen molar-refractivity contribution >= 4 is 0 Å². The Hall–Kier alpha value is -1.67. The molecule has 0 heterocycles. The van der Waals surface area contributed by atoms with Gasteiger partial charge >= 0.3 is 0 Å². The zero-order valence-corrected chi connectivity index (χ0v) is 13.3. The van der Waals surface area contributed by atoms with Gasteiger partial charge < -0.3 is 5.32 Å². The summed E-state index contributed by atoms with van der Waals surface area (Å²) >= 11 is 0. The van der Waals surface area contributed by atoms with Crippen LogP contribution in [0.2, 0.25) is 0 Å². The molecule has 0 aromatic heterocycles. The molecule has 2 aromatic carbocycles. The Morgan fingerprint density at radius 1 is 1.05 bits per heavy atom. The first kappa shape index (κ1) is 15.7. The average molecular weight is 285 g/mol. The summed E-state index contributed by atoms with van der Waals surface area (Å²) in [5.74, 6) is -0.165. The van der Waals surface area contributed by atoms with Gasteiger partial charge in [0.15, 0.2) is 0 Å². The van der Waals surface area contributed by atoms with Crippen LogP contribution in [0.4, 0.5) is 4.39 Å². The monoisotopic (exact) mass is 285 g/mol. The van der Waals surface area contributed by atoms with E-state index < -0.39 is 0 Å². The molecule has 0 spiro atoms. The van der Waals surface area contributed by atoms with Gasteiger partial charge in [0.2, 0.25) is 0 Å². The average Bonchev–Trinajstić information content (AvgIpc) is 2.41. The second-order valence-corrected chi connectivity index (χ2v) is 5.98. The van der Waals surface area contributed by atoms with E-state index >= 15 is 0 Å². The summed E-state index contributed by atoms with van der Waals surface area (Å²) < 4.78 is 13.2. The van der Waals surface area contributed by atoms with Gasteiger partial charge in [-0.25, -0.2) is 4.39 Å². The Labute approximate surface area is 127 Å². The molecule has 2 atom stereocenters. The Kier molecular flexibility index (Phi) is 5.13. The van der Waals surface area contributed by atoms with E-state index in [2.05, 4.69) is 51.2 Å². The highest BCUT2D eigenvalue weighted by Crippen LogP contribution is 2.20. The van der Waals surface area contributed by atoms with Crippen LogP contribution in [-0.4, -0.2) is 6.04 Å². The zero-order valence-electron chi connectivity index (χ0n) is 13.3. The van der Waals surface area contributed by atoms with Gasteiger partial charge in [-0.15, -0.1) is 0 Å². The third-order valence-corrected chi connectivity index (χ3v) is 3.87. The molecule has 2 heteroatoms. The number of aryl methyl sites for hydroxylation is 2. The van der Waals surface area contributed by atoms with Crippen LogP contribution in [0.3, 0.4) is 0 Å². The molecular weight excluding hydrogens is 261 g/mol. The number of nitrogens with one attached hydrogen (secondary N) is 1. The van der Waals surface area contributed by atoms with Crippen LogP contribution >= 0.6 is 0 Å².